The molecule has 3 aromatic rings. The summed E-state index contributed by atoms with van der Waals surface area (Å²) in [5.74, 6) is 1.17. The highest BCUT2D eigenvalue weighted by atomic mass is 35.5. The third-order valence-corrected chi connectivity index (χ3v) is 7.22. The number of rotatable bonds is 6. The fourth-order valence-electron chi connectivity index (χ4n) is 5.09. The summed E-state index contributed by atoms with van der Waals surface area (Å²) < 4.78 is 0. The number of aromatic nitrogens is 3. The average molecular weight is 534 g/mol. The Bertz CT molecular complexity index is 1380. The van der Waals surface area contributed by atoms with Gasteiger partial charge in [-0.3, -0.25) is 4.79 Å². The maximum Gasteiger partial charge on any atom is 0.256 e. The van der Waals surface area contributed by atoms with E-state index < -0.39 is 0 Å². The van der Waals surface area contributed by atoms with E-state index in [-0.39, 0.29) is 22.8 Å². The van der Waals surface area contributed by atoms with Gasteiger partial charge in [0.2, 0.25) is 5.95 Å². The van der Waals surface area contributed by atoms with E-state index in [1.807, 2.05) is 24.3 Å². The van der Waals surface area contributed by atoms with E-state index in [0.29, 0.717) is 23.1 Å². The number of amides is 1. The summed E-state index contributed by atoms with van der Waals surface area (Å²) in [4.78, 5) is 29.2. The van der Waals surface area contributed by atoms with Gasteiger partial charge < -0.3 is 20.9 Å². The molecule has 3 heterocycles. The summed E-state index contributed by atoms with van der Waals surface area (Å²) >= 11 is 6.78. The Morgan fingerprint density at radius 3 is 2.61 bits per heavy atom. The van der Waals surface area contributed by atoms with Crippen molar-refractivity contribution in [2.45, 2.75) is 70.9 Å². The van der Waals surface area contributed by atoms with Gasteiger partial charge in [-0.1, -0.05) is 52.3 Å². The fourth-order valence-corrected chi connectivity index (χ4v) is 5.58. The first kappa shape index (κ1) is 26.4. The number of carbonyl (C=O) groups is 1. The van der Waals surface area contributed by atoms with Crippen LogP contribution in [0.5, 0.6) is 0 Å². The van der Waals surface area contributed by atoms with Gasteiger partial charge in [0.25, 0.3) is 5.91 Å². The zero-order valence-corrected chi connectivity index (χ0v) is 23.7. The number of pyridine rings is 1. The summed E-state index contributed by atoms with van der Waals surface area (Å²) in [5.41, 5.74) is 4.32. The van der Waals surface area contributed by atoms with Gasteiger partial charge in [0.1, 0.15) is 17.2 Å². The molecule has 38 heavy (non-hydrogen) atoms. The van der Waals surface area contributed by atoms with Gasteiger partial charge in [0, 0.05) is 52.6 Å². The van der Waals surface area contributed by atoms with Crippen molar-refractivity contribution in [1.29, 1.82) is 0 Å². The number of nitrogens with zero attached hydrogens (tertiary/aromatic N) is 4. The maximum atomic E-state index is 13.0. The summed E-state index contributed by atoms with van der Waals surface area (Å²) in [6.45, 7) is 12.5. The Hall–Kier alpha value is -3.23. The molecule has 1 saturated carbocycles. The van der Waals surface area contributed by atoms with E-state index in [4.69, 9.17) is 21.6 Å². The lowest BCUT2D eigenvalue weighted by atomic mass is 9.78. The van der Waals surface area contributed by atoms with Crippen LogP contribution in [0.15, 0.2) is 36.5 Å². The first-order chi connectivity index (χ1) is 17.9. The molecule has 8 nitrogen and oxygen atoms in total. The molecule has 1 aromatic carbocycles. The second-order valence-electron chi connectivity index (χ2n) is 12.2. The lowest BCUT2D eigenvalue weighted by Gasteiger charge is -2.39. The third-order valence-electron chi connectivity index (χ3n) is 6.92. The molecule has 0 saturated heterocycles. The second-order valence-corrected chi connectivity index (χ2v) is 12.6. The van der Waals surface area contributed by atoms with Gasteiger partial charge in [-0.25, -0.2) is 9.97 Å². The SMILES string of the molecule is CN1Cc2cc(Nc3ncc(C(=O)NC4CC4)c(Nc4cccc(C(C)(C)C)n4)n3)cc(Cl)c2C(C)(C)C1. The molecule has 0 atom stereocenters. The van der Waals surface area contributed by atoms with E-state index in [1.54, 1.807) is 6.20 Å². The van der Waals surface area contributed by atoms with Gasteiger partial charge in [0.15, 0.2) is 0 Å². The molecule has 1 amide bonds. The Morgan fingerprint density at radius 1 is 1.13 bits per heavy atom. The predicted octanol–water partition coefficient (Wildman–Crippen LogP) is 5.92. The minimum absolute atomic E-state index is 0.0449. The van der Waals surface area contributed by atoms with Crippen LogP contribution >= 0.6 is 11.6 Å². The van der Waals surface area contributed by atoms with Gasteiger partial charge in [-0.05, 0) is 55.3 Å². The highest BCUT2D eigenvalue weighted by molar-refractivity contribution is 6.32. The zero-order valence-electron chi connectivity index (χ0n) is 22.9. The number of anilines is 4. The molecule has 9 heteroatoms. The van der Waals surface area contributed by atoms with Gasteiger partial charge >= 0.3 is 0 Å². The number of nitrogens with one attached hydrogen (secondary N) is 3. The quantitative estimate of drug-likeness (QED) is 0.361. The van der Waals surface area contributed by atoms with Gasteiger partial charge in [-0.15, -0.1) is 0 Å². The Labute approximate surface area is 229 Å². The van der Waals surface area contributed by atoms with Crippen LogP contribution in [-0.4, -0.2) is 45.4 Å². The molecule has 1 aliphatic heterocycles. The van der Waals surface area contributed by atoms with E-state index in [2.05, 4.69) is 73.6 Å². The van der Waals surface area contributed by atoms with Crippen molar-refractivity contribution in [1.82, 2.24) is 25.2 Å². The van der Waals surface area contributed by atoms with Crippen LogP contribution < -0.4 is 16.0 Å². The number of fused-ring (bicyclic) bond motifs is 1. The Morgan fingerprint density at radius 2 is 1.89 bits per heavy atom. The summed E-state index contributed by atoms with van der Waals surface area (Å²) in [6.07, 6.45) is 3.55. The number of benzene rings is 1. The lowest BCUT2D eigenvalue weighted by molar-refractivity contribution is 0.0951. The minimum atomic E-state index is -0.199. The largest absolute Gasteiger partial charge is 0.349 e. The van der Waals surface area contributed by atoms with Crippen molar-refractivity contribution < 1.29 is 4.79 Å². The van der Waals surface area contributed by atoms with Crippen molar-refractivity contribution in [3.05, 3.63) is 63.9 Å². The Kier molecular flexibility index (Phi) is 6.82. The number of likely N-dealkylation sites (N-methyl/N-ethyl adjacent to an activating group) is 1. The van der Waals surface area contributed by atoms with Crippen LogP contribution in [0.25, 0.3) is 0 Å². The van der Waals surface area contributed by atoms with E-state index >= 15 is 0 Å². The van der Waals surface area contributed by atoms with Crippen LogP contribution in [-0.2, 0) is 17.4 Å². The highest BCUT2D eigenvalue weighted by Gasteiger charge is 2.33. The van der Waals surface area contributed by atoms with Crippen LogP contribution in [0.4, 0.5) is 23.3 Å². The Balaban J connectivity index is 1.47. The van der Waals surface area contributed by atoms with Crippen LogP contribution in [0.1, 0.15) is 74.6 Å². The molecular weight excluding hydrogens is 498 g/mol. The molecule has 0 spiro atoms. The zero-order chi connectivity index (χ0) is 27.2. The van der Waals surface area contributed by atoms with E-state index in [1.165, 1.54) is 11.1 Å². The monoisotopic (exact) mass is 533 g/mol. The average Bonchev–Trinajstić information content (AvgIpc) is 3.61. The van der Waals surface area contributed by atoms with Crippen LogP contribution in [0.2, 0.25) is 5.02 Å². The third kappa shape index (κ3) is 5.76. The number of carbonyl (C=O) groups excluding carboxylic acids is 1. The van der Waals surface area contributed by atoms with Gasteiger partial charge in [-0.2, -0.15) is 4.98 Å². The van der Waals surface area contributed by atoms with Crippen molar-refractivity contribution in [2.75, 3.05) is 24.2 Å². The molecule has 0 unspecified atom stereocenters. The van der Waals surface area contributed by atoms with E-state index in [9.17, 15) is 4.79 Å². The second kappa shape index (κ2) is 9.82. The van der Waals surface area contributed by atoms with Crippen molar-refractivity contribution in [2.24, 2.45) is 0 Å². The minimum Gasteiger partial charge on any atom is -0.349 e. The summed E-state index contributed by atoms with van der Waals surface area (Å²) in [6, 6.07) is 10.1. The number of hydrogen-bond donors (Lipinski definition) is 3. The van der Waals surface area contributed by atoms with Crippen molar-refractivity contribution in [3.8, 4) is 0 Å². The smallest absolute Gasteiger partial charge is 0.256 e. The summed E-state index contributed by atoms with van der Waals surface area (Å²) in [5, 5.41) is 10.3. The molecule has 200 valence electrons. The predicted molar refractivity (Wildman–Crippen MR) is 153 cm³/mol. The molecule has 2 aromatic heterocycles. The molecule has 1 aliphatic carbocycles. The van der Waals surface area contributed by atoms with Gasteiger partial charge in [0.05, 0.1) is 0 Å². The molecule has 1 fully saturated rings. The van der Waals surface area contributed by atoms with Crippen molar-refractivity contribution >= 4 is 40.8 Å². The molecular formula is C29H36ClN7O. The standard InChI is InChI=1S/C29H36ClN7O/c1-28(2,3)22-8-7-9-23(34-22)35-25-20(26(38)32-18-10-11-18)14-31-27(36-25)33-19-12-17-15-37(6)16-29(4,5)24(17)21(30)13-19/h7-9,12-14,18H,10-11,15-16H2,1-6H3,(H,32,38)(H2,31,33,34,35,36). The fraction of sp³-hybridized carbons (Fsp3) is 0.448. The number of halogens is 1. The molecule has 2 aliphatic rings. The number of hydrogen-bond acceptors (Lipinski definition) is 7. The van der Waals surface area contributed by atoms with Crippen LogP contribution in [0.3, 0.4) is 0 Å². The van der Waals surface area contributed by atoms with E-state index in [0.717, 1.165) is 42.3 Å². The maximum absolute atomic E-state index is 13.0. The molecule has 3 N–H and O–H groups in total. The molecule has 0 radical (unpaired) electrons. The normalized spacial score (nSPS) is 17.0. The lowest BCUT2D eigenvalue weighted by Crippen LogP contribution is -2.40. The topological polar surface area (TPSA) is 95.1 Å². The molecule has 0 bridgehead atoms. The van der Waals surface area contributed by atoms with Crippen molar-refractivity contribution in [3.63, 3.8) is 0 Å². The van der Waals surface area contributed by atoms with Crippen LogP contribution in [0, 0.1) is 0 Å². The summed E-state index contributed by atoms with van der Waals surface area (Å²) in [7, 11) is 2.12. The molecule has 5 rings (SSSR count). The highest BCUT2D eigenvalue weighted by Crippen LogP contribution is 2.40. The first-order valence-electron chi connectivity index (χ1n) is 13.1. The first-order valence-corrected chi connectivity index (χ1v) is 13.5.